The number of hydrazone groups is 1. The Bertz CT molecular complexity index is 657. The van der Waals surface area contributed by atoms with Crippen LogP contribution in [0.4, 0.5) is 10.1 Å². The molecule has 2 aromatic carbocycles. The van der Waals surface area contributed by atoms with Gasteiger partial charge in [0, 0.05) is 10.0 Å². The van der Waals surface area contributed by atoms with Crippen LogP contribution in [-0.2, 0) is 0 Å². The smallest absolute Gasteiger partial charge is 0.335 e. The standard InChI is InChI=1S/C14H10BrFN2O2/c15-11-3-6-13(16)10(7-11)8-17-18-12-4-1-9(2-5-12)14(19)20/h1-8,18H,(H,19,20)/b17-8-. The molecule has 4 nitrogen and oxygen atoms in total. The Hall–Kier alpha value is -2.21. The van der Waals surface area contributed by atoms with E-state index in [0.29, 0.717) is 11.3 Å². The quantitative estimate of drug-likeness (QED) is 0.660. The van der Waals surface area contributed by atoms with E-state index in [-0.39, 0.29) is 11.4 Å². The number of anilines is 1. The first-order chi connectivity index (χ1) is 9.56. The fourth-order valence-corrected chi connectivity index (χ4v) is 1.86. The zero-order valence-corrected chi connectivity index (χ0v) is 11.8. The third kappa shape index (κ3) is 3.64. The van der Waals surface area contributed by atoms with E-state index in [4.69, 9.17) is 5.11 Å². The molecule has 0 atom stereocenters. The van der Waals surface area contributed by atoms with Crippen molar-refractivity contribution in [2.24, 2.45) is 5.10 Å². The van der Waals surface area contributed by atoms with E-state index in [1.54, 1.807) is 24.3 Å². The molecule has 2 aromatic rings. The van der Waals surface area contributed by atoms with Gasteiger partial charge in [-0.15, -0.1) is 0 Å². The van der Waals surface area contributed by atoms with Gasteiger partial charge in [-0.25, -0.2) is 9.18 Å². The Morgan fingerprint density at radius 3 is 2.60 bits per heavy atom. The number of nitrogens with zero attached hydrogens (tertiary/aromatic N) is 1. The Balaban J connectivity index is 2.06. The van der Waals surface area contributed by atoms with E-state index in [1.165, 1.54) is 24.4 Å². The number of carboxylic acids is 1. The van der Waals surface area contributed by atoms with E-state index in [0.717, 1.165) is 4.47 Å². The highest BCUT2D eigenvalue weighted by Gasteiger charge is 2.01. The van der Waals surface area contributed by atoms with Crippen molar-refractivity contribution in [3.05, 3.63) is 63.9 Å². The average molecular weight is 337 g/mol. The molecular weight excluding hydrogens is 327 g/mol. The number of nitrogens with one attached hydrogen (secondary N) is 1. The highest BCUT2D eigenvalue weighted by molar-refractivity contribution is 9.10. The summed E-state index contributed by atoms with van der Waals surface area (Å²) in [5.74, 6) is -1.36. The van der Waals surface area contributed by atoms with Gasteiger partial charge in [0.1, 0.15) is 5.82 Å². The molecule has 0 heterocycles. The maximum Gasteiger partial charge on any atom is 0.335 e. The van der Waals surface area contributed by atoms with Crippen LogP contribution in [0.25, 0.3) is 0 Å². The minimum Gasteiger partial charge on any atom is -0.478 e. The van der Waals surface area contributed by atoms with E-state index < -0.39 is 5.97 Å². The number of hydrogen-bond donors (Lipinski definition) is 2. The largest absolute Gasteiger partial charge is 0.478 e. The number of carboxylic acid groups (broad SMARTS) is 1. The van der Waals surface area contributed by atoms with Gasteiger partial charge >= 0.3 is 5.97 Å². The molecule has 2 N–H and O–H groups in total. The third-order valence-electron chi connectivity index (χ3n) is 2.49. The molecule has 6 heteroatoms. The van der Waals surface area contributed by atoms with Crippen LogP contribution in [-0.4, -0.2) is 17.3 Å². The lowest BCUT2D eigenvalue weighted by Gasteiger charge is -2.01. The van der Waals surface area contributed by atoms with Crippen molar-refractivity contribution >= 4 is 33.8 Å². The highest BCUT2D eigenvalue weighted by Crippen LogP contribution is 2.14. The van der Waals surface area contributed by atoms with Crippen LogP contribution in [0.5, 0.6) is 0 Å². The molecular formula is C14H10BrFN2O2. The monoisotopic (exact) mass is 336 g/mol. The molecule has 0 saturated carbocycles. The van der Waals surface area contributed by atoms with Crippen molar-refractivity contribution in [1.82, 2.24) is 0 Å². The zero-order chi connectivity index (χ0) is 14.5. The summed E-state index contributed by atoms with van der Waals surface area (Å²) in [7, 11) is 0. The van der Waals surface area contributed by atoms with Gasteiger partial charge in [0.2, 0.25) is 0 Å². The average Bonchev–Trinajstić information content (AvgIpc) is 2.43. The molecule has 0 aliphatic heterocycles. The summed E-state index contributed by atoms with van der Waals surface area (Å²) in [6.07, 6.45) is 1.35. The molecule has 0 fully saturated rings. The van der Waals surface area contributed by atoms with Crippen LogP contribution in [0.2, 0.25) is 0 Å². The Labute approximate surface area is 123 Å². The first-order valence-corrected chi connectivity index (χ1v) is 6.43. The van der Waals surface area contributed by atoms with Crippen LogP contribution >= 0.6 is 15.9 Å². The van der Waals surface area contributed by atoms with Crippen molar-refractivity contribution in [3.8, 4) is 0 Å². The molecule has 2 rings (SSSR count). The lowest BCUT2D eigenvalue weighted by Crippen LogP contribution is -1.97. The van der Waals surface area contributed by atoms with Crippen LogP contribution in [0.15, 0.2) is 52.0 Å². The summed E-state index contributed by atoms with van der Waals surface area (Å²) in [4.78, 5) is 10.7. The molecule has 20 heavy (non-hydrogen) atoms. The molecule has 0 amide bonds. The second kappa shape index (κ2) is 6.29. The van der Waals surface area contributed by atoms with Crippen molar-refractivity contribution in [1.29, 1.82) is 0 Å². The number of aromatic carboxylic acids is 1. The number of halogens is 2. The van der Waals surface area contributed by atoms with Crippen LogP contribution in [0.1, 0.15) is 15.9 Å². The molecule has 0 aromatic heterocycles. The molecule has 0 aliphatic carbocycles. The maximum atomic E-state index is 13.4. The predicted molar refractivity (Wildman–Crippen MR) is 78.7 cm³/mol. The summed E-state index contributed by atoms with van der Waals surface area (Å²) in [5, 5.41) is 12.7. The predicted octanol–water partition coefficient (Wildman–Crippen LogP) is 3.73. The van der Waals surface area contributed by atoms with Gasteiger partial charge in [-0.05, 0) is 42.5 Å². The molecule has 0 radical (unpaired) electrons. The summed E-state index contributed by atoms with van der Waals surface area (Å²) < 4.78 is 14.2. The summed E-state index contributed by atoms with van der Waals surface area (Å²) >= 11 is 3.25. The van der Waals surface area contributed by atoms with Gasteiger partial charge in [-0.1, -0.05) is 15.9 Å². The number of benzene rings is 2. The Kier molecular flexibility index (Phi) is 4.47. The van der Waals surface area contributed by atoms with Crippen molar-refractivity contribution < 1.29 is 14.3 Å². The third-order valence-corrected chi connectivity index (χ3v) is 2.98. The Morgan fingerprint density at radius 2 is 1.95 bits per heavy atom. The van der Waals surface area contributed by atoms with Crippen LogP contribution in [0, 0.1) is 5.82 Å². The number of carbonyl (C=O) groups is 1. The van der Waals surface area contributed by atoms with E-state index >= 15 is 0 Å². The van der Waals surface area contributed by atoms with E-state index in [9.17, 15) is 9.18 Å². The van der Waals surface area contributed by atoms with E-state index in [2.05, 4.69) is 26.5 Å². The lowest BCUT2D eigenvalue weighted by molar-refractivity contribution is 0.0697. The number of rotatable bonds is 4. The van der Waals surface area contributed by atoms with Gasteiger partial charge in [0.05, 0.1) is 17.5 Å². The molecule has 0 saturated heterocycles. The topological polar surface area (TPSA) is 61.7 Å². The number of hydrogen-bond acceptors (Lipinski definition) is 3. The molecule has 102 valence electrons. The first-order valence-electron chi connectivity index (χ1n) is 5.64. The summed E-state index contributed by atoms with van der Waals surface area (Å²) in [6.45, 7) is 0. The fraction of sp³-hybridized carbons (Fsp3) is 0. The second-order valence-corrected chi connectivity index (χ2v) is 4.83. The normalized spacial score (nSPS) is 10.7. The Morgan fingerprint density at radius 1 is 1.25 bits per heavy atom. The van der Waals surface area contributed by atoms with Gasteiger partial charge in [-0.3, -0.25) is 5.43 Å². The summed E-state index contributed by atoms with van der Waals surface area (Å²) in [6, 6.07) is 10.6. The highest BCUT2D eigenvalue weighted by atomic mass is 79.9. The first kappa shape index (κ1) is 14.2. The summed E-state index contributed by atoms with van der Waals surface area (Å²) in [5.41, 5.74) is 3.85. The van der Waals surface area contributed by atoms with Gasteiger partial charge in [0.15, 0.2) is 0 Å². The van der Waals surface area contributed by atoms with Crippen molar-refractivity contribution in [3.63, 3.8) is 0 Å². The van der Waals surface area contributed by atoms with Crippen molar-refractivity contribution in [2.45, 2.75) is 0 Å². The lowest BCUT2D eigenvalue weighted by atomic mass is 10.2. The molecule has 0 spiro atoms. The van der Waals surface area contributed by atoms with Crippen molar-refractivity contribution in [2.75, 3.05) is 5.43 Å². The molecule has 0 bridgehead atoms. The molecule has 0 aliphatic rings. The van der Waals surface area contributed by atoms with Gasteiger partial charge < -0.3 is 5.11 Å². The minimum atomic E-state index is -0.990. The minimum absolute atomic E-state index is 0.192. The van der Waals surface area contributed by atoms with E-state index in [1.807, 2.05) is 0 Å². The second-order valence-electron chi connectivity index (χ2n) is 3.92. The fourth-order valence-electron chi connectivity index (χ4n) is 1.48. The zero-order valence-electron chi connectivity index (χ0n) is 10.2. The van der Waals surface area contributed by atoms with Crippen LogP contribution in [0.3, 0.4) is 0 Å². The van der Waals surface area contributed by atoms with Gasteiger partial charge in [-0.2, -0.15) is 5.10 Å². The molecule has 0 unspecified atom stereocenters. The van der Waals surface area contributed by atoms with Gasteiger partial charge in [0.25, 0.3) is 0 Å². The maximum absolute atomic E-state index is 13.4. The van der Waals surface area contributed by atoms with Crippen LogP contribution < -0.4 is 5.43 Å². The SMILES string of the molecule is O=C(O)c1ccc(N/N=C\c2cc(Br)ccc2F)cc1.